The minimum atomic E-state index is -0.536. The molecule has 0 radical (unpaired) electrons. The Morgan fingerprint density at radius 1 is 1.05 bits per heavy atom. The van der Waals surface area contributed by atoms with E-state index < -0.39 is 18.3 Å². The molecule has 1 aliphatic rings. The fourth-order valence-corrected chi connectivity index (χ4v) is 2.87. The summed E-state index contributed by atoms with van der Waals surface area (Å²) in [5.41, 5.74) is -0.174. The number of hydrogen-bond acceptors (Lipinski definition) is 3. The van der Waals surface area contributed by atoms with Crippen molar-refractivity contribution in [2.45, 2.75) is 38.9 Å². The van der Waals surface area contributed by atoms with Crippen molar-refractivity contribution in [1.29, 1.82) is 0 Å². The molecule has 2 aromatic rings. The number of halogens is 1. The van der Waals surface area contributed by atoms with Crippen molar-refractivity contribution in [3.8, 4) is 0 Å². The molecule has 2 heterocycles. The van der Waals surface area contributed by atoms with Crippen LogP contribution in [0.15, 0.2) is 29.2 Å². The lowest BCUT2D eigenvalue weighted by molar-refractivity contribution is 0.00578. The van der Waals surface area contributed by atoms with Gasteiger partial charge in [-0.05, 0) is 39.8 Å². The van der Waals surface area contributed by atoms with Crippen LogP contribution in [0.1, 0.15) is 27.7 Å². The summed E-state index contributed by atoms with van der Waals surface area (Å²) in [4.78, 5) is 12.2. The van der Waals surface area contributed by atoms with Gasteiger partial charge in [0.25, 0.3) is 5.56 Å². The predicted molar refractivity (Wildman–Crippen MR) is 89.9 cm³/mol. The first-order valence-corrected chi connectivity index (χ1v) is 7.65. The third kappa shape index (κ3) is 2.19. The maximum Gasteiger partial charge on any atom is 0.496 e. The van der Waals surface area contributed by atoms with E-state index in [1.54, 1.807) is 19.3 Å². The van der Waals surface area contributed by atoms with E-state index in [-0.39, 0.29) is 5.56 Å². The van der Waals surface area contributed by atoms with Crippen molar-refractivity contribution >= 4 is 35.0 Å². The third-order valence-electron chi connectivity index (χ3n) is 4.73. The summed E-state index contributed by atoms with van der Waals surface area (Å²) < 4.78 is 13.6. The Kier molecular flexibility index (Phi) is 3.44. The highest BCUT2D eigenvalue weighted by Gasteiger charge is 2.52. The van der Waals surface area contributed by atoms with Gasteiger partial charge in [0.15, 0.2) is 0 Å². The van der Waals surface area contributed by atoms with Gasteiger partial charge < -0.3 is 13.9 Å². The van der Waals surface area contributed by atoms with Crippen LogP contribution in [-0.4, -0.2) is 22.9 Å². The fraction of sp³-hybridized carbons (Fsp3) is 0.438. The minimum Gasteiger partial charge on any atom is -0.399 e. The van der Waals surface area contributed by atoms with E-state index in [0.29, 0.717) is 10.4 Å². The second kappa shape index (κ2) is 4.85. The average molecular weight is 320 g/mol. The van der Waals surface area contributed by atoms with Crippen molar-refractivity contribution in [2.75, 3.05) is 0 Å². The van der Waals surface area contributed by atoms with Crippen molar-refractivity contribution in [3.63, 3.8) is 0 Å². The lowest BCUT2D eigenvalue weighted by Crippen LogP contribution is -2.41. The lowest BCUT2D eigenvalue weighted by atomic mass is 9.78. The highest BCUT2D eigenvalue weighted by molar-refractivity contribution is 6.66. The van der Waals surface area contributed by atoms with Gasteiger partial charge in [-0.1, -0.05) is 17.7 Å². The van der Waals surface area contributed by atoms with Crippen LogP contribution in [0.3, 0.4) is 0 Å². The number of aryl methyl sites for hydroxylation is 1. The Morgan fingerprint density at radius 3 is 2.23 bits per heavy atom. The summed E-state index contributed by atoms with van der Waals surface area (Å²) in [6.07, 6.45) is 1.71. The van der Waals surface area contributed by atoms with Gasteiger partial charge in [-0.25, -0.2) is 0 Å². The molecular weight excluding hydrogens is 300 g/mol. The standard InChI is InChI=1S/C16H19BClNO3/c1-15(2)16(3,4)22-17(21-15)12-7-6-11-10(13(12)18)8-9-19(5)14(11)20/h6-9H,1-5H3. The van der Waals surface area contributed by atoms with E-state index >= 15 is 0 Å². The molecular formula is C16H19BClNO3. The van der Waals surface area contributed by atoms with E-state index in [1.165, 1.54) is 4.57 Å². The fourth-order valence-electron chi connectivity index (χ4n) is 2.56. The topological polar surface area (TPSA) is 40.5 Å². The van der Waals surface area contributed by atoms with Crippen LogP contribution in [0.25, 0.3) is 10.8 Å². The van der Waals surface area contributed by atoms with Crippen LogP contribution in [0.4, 0.5) is 0 Å². The second-order valence-electron chi connectivity index (χ2n) is 6.75. The molecule has 0 atom stereocenters. The third-order valence-corrected chi connectivity index (χ3v) is 5.15. The summed E-state index contributed by atoms with van der Waals surface area (Å²) in [5.74, 6) is 0. The predicted octanol–water partition coefficient (Wildman–Crippen LogP) is 2.49. The molecule has 1 saturated heterocycles. The van der Waals surface area contributed by atoms with Crippen molar-refractivity contribution in [2.24, 2.45) is 7.05 Å². The monoisotopic (exact) mass is 319 g/mol. The Balaban J connectivity index is 2.13. The van der Waals surface area contributed by atoms with Crippen molar-refractivity contribution in [3.05, 3.63) is 39.8 Å². The molecule has 0 aliphatic carbocycles. The SMILES string of the molecule is Cn1ccc2c(Cl)c(B3OC(C)(C)C(C)(C)O3)ccc2c1=O. The molecule has 1 aliphatic heterocycles. The maximum atomic E-state index is 12.2. The lowest BCUT2D eigenvalue weighted by Gasteiger charge is -2.32. The van der Waals surface area contributed by atoms with Crippen molar-refractivity contribution in [1.82, 2.24) is 4.57 Å². The van der Waals surface area contributed by atoms with Crippen molar-refractivity contribution < 1.29 is 9.31 Å². The van der Waals surface area contributed by atoms with Crippen LogP contribution >= 0.6 is 11.6 Å². The molecule has 0 spiro atoms. The van der Waals surface area contributed by atoms with Gasteiger partial charge in [0.05, 0.1) is 11.2 Å². The van der Waals surface area contributed by atoms with Gasteiger partial charge in [0.1, 0.15) is 0 Å². The Labute approximate surface area is 135 Å². The molecule has 0 saturated carbocycles. The van der Waals surface area contributed by atoms with Gasteiger partial charge in [-0.3, -0.25) is 4.79 Å². The van der Waals surface area contributed by atoms with Crippen LogP contribution in [0, 0.1) is 0 Å². The van der Waals surface area contributed by atoms with E-state index in [2.05, 4.69) is 0 Å². The Morgan fingerprint density at radius 2 is 1.64 bits per heavy atom. The van der Waals surface area contributed by atoms with Crippen LogP contribution < -0.4 is 11.0 Å². The molecule has 22 heavy (non-hydrogen) atoms. The first kappa shape index (κ1) is 15.6. The number of aromatic nitrogens is 1. The molecule has 1 aromatic carbocycles. The molecule has 0 unspecified atom stereocenters. The van der Waals surface area contributed by atoms with Crippen LogP contribution in [0.2, 0.25) is 5.02 Å². The molecule has 116 valence electrons. The molecule has 3 rings (SSSR count). The number of pyridine rings is 1. The van der Waals surface area contributed by atoms with E-state index in [4.69, 9.17) is 20.9 Å². The van der Waals surface area contributed by atoms with Gasteiger partial charge in [0.2, 0.25) is 0 Å². The van der Waals surface area contributed by atoms with Crippen LogP contribution in [0.5, 0.6) is 0 Å². The number of fused-ring (bicyclic) bond motifs is 1. The smallest absolute Gasteiger partial charge is 0.399 e. The second-order valence-corrected chi connectivity index (χ2v) is 7.13. The quantitative estimate of drug-likeness (QED) is 0.758. The summed E-state index contributed by atoms with van der Waals surface area (Å²) in [7, 11) is 1.18. The molecule has 4 nitrogen and oxygen atoms in total. The normalized spacial score (nSPS) is 19.8. The highest BCUT2D eigenvalue weighted by atomic mass is 35.5. The summed E-state index contributed by atoms with van der Waals surface area (Å²) in [5, 5.41) is 1.82. The number of rotatable bonds is 1. The van der Waals surface area contributed by atoms with E-state index in [9.17, 15) is 4.79 Å². The van der Waals surface area contributed by atoms with Gasteiger partial charge in [-0.2, -0.15) is 0 Å². The molecule has 0 bridgehead atoms. The van der Waals surface area contributed by atoms with Gasteiger partial charge >= 0.3 is 7.12 Å². The minimum absolute atomic E-state index is 0.0696. The first-order valence-electron chi connectivity index (χ1n) is 7.27. The number of benzene rings is 1. The molecule has 1 fully saturated rings. The number of nitrogens with zero attached hydrogens (tertiary/aromatic N) is 1. The maximum absolute atomic E-state index is 12.2. The summed E-state index contributed by atoms with van der Waals surface area (Å²) >= 11 is 6.52. The Hall–Kier alpha value is -1.30. The molecule has 0 amide bonds. The van der Waals surface area contributed by atoms with E-state index in [1.807, 2.05) is 39.8 Å². The average Bonchev–Trinajstić information content (AvgIpc) is 2.63. The zero-order valence-electron chi connectivity index (χ0n) is 13.4. The van der Waals surface area contributed by atoms with E-state index in [0.717, 1.165) is 10.8 Å². The zero-order valence-corrected chi connectivity index (χ0v) is 14.2. The Bertz CT molecular complexity index is 797. The molecule has 0 N–H and O–H groups in total. The first-order chi connectivity index (χ1) is 10.1. The van der Waals surface area contributed by atoms with Crippen LogP contribution in [-0.2, 0) is 16.4 Å². The highest BCUT2D eigenvalue weighted by Crippen LogP contribution is 2.37. The van der Waals surface area contributed by atoms with Gasteiger partial charge in [-0.15, -0.1) is 0 Å². The molecule has 6 heteroatoms. The summed E-state index contributed by atoms with van der Waals surface area (Å²) in [6.45, 7) is 7.99. The number of hydrogen-bond donors (Lipinski definition) is 0. The largest absolute Gasteiger partial charge is 0.496 e. The summed E-state index contributed by atoms with van der Waals surface area (Å²) in [6, 6.07) is 5.44. The van der Waals surface area contributed by atoms with Gasteiger partial charge in [0, 0.05) is 34.5 Å². The molecule has 1 aromatic heterocycles. The zero-order chi connectivity index (χ0) is 16.3.